The van der Waals surface area contributed by atoms with Crippen LogP contribution in [0.4, 0.5) is 11.5 Å². The van der Waals surface area contributed by atoms with Crippen molar-refractivity contribution in [2.45, 2.75) is 25.9 Å². The molecular weight excluding hydrogens is 382 g/mol. The van der Waals surface area contributed by atoms with E-state index < -0.39 is 0 Å². The molecular formula is C21H23N7O2. The third-order valence-electron chi connectivity index (χ3n) is 4.88. The number of nitrogens with one attached hydrogen (secondary N) is 2. The quantitative estimate of drug-likeness (QED) is 0.629. The van der Waals surface area contributed by atoms with Gasteiger partial charge in [-0.1, -0.05) is 18.7 Å². The number of allylic oxidation sites excluding steroid dienone is 1. The van der Waals surface area contributed by atoms with E-state index >= 15 is 0 Å². The average Bonchev–Trinajstić information content (AvgIpc) is 3.46. The number of carbonyl (C=O) groups is 1. The number of ether oxygens (including phenoxy) is 1. The minimum Gasteiger partial charge on any atom is -0.376 e. The molecule has 2 N–H and O–H groups in total. The number of rotatable bonds is 6. The number of benzene rings is 1. The molecule has 9 heteroatoms. The second-order valence-electron chi connectivity index (χ2n) is 6.88. The molecule has 4 rings (SSSR count). The Bertz CT molecular complexity index is 1180. The fourth-order valence-electron chi connectivity index (χ4n) is 3.35. The van der Waals surface area contributed by atoms with Crippen LogP contribution in [-0.4, -0.2) is 50.2 Å². The summed E-state index contributed by atoms with van der Waals surface area (Å²) in [5.74, 6) is 0.399. The van der Waals surface area contributed by atoms with Crippen LogP contribution in [0.15, 0.2) is 36.9 Å². The van der Waals surface area contributed by atoms with Crippen molar-refractivity contribution in [3.05, 3.63) is 53.2 Å². The van der Waals surface area contributed by atoms with Gasteiger partial charge in [-0.3, -0.25) is 4.79 Å². The summed E-state index contributed by atoms with van der Waals surface area (Å²) in [5.41, 5.74) is 1.84. The van der Waals surface area contributed by atoms with Crippen LogP contribution in [0.25, 0.3) is 17.8 Å². The Morgan fingerprint density at radius 3 is 2.90 bits per heavy atom. The number of hydrogen-bond donors (Lipinski definition) is 2. The molecule has 30 heavy (non-hydrogen) atoms. The van der Waals surface area contributed by atoms with E-state index in [4.69, 9.17) is 4.74 Å². The summed E-state index contributed by atoms with van der Waals surface area (Å²) in [6, 6.07) is 7.17. The maximum absolute atomic E-state index is 12.3. The lowest BCUT2D eigenvalue weighted by Crippen LogP contribution is -2.35. The second kappa shape index (κ2) is 8.83. The molecule has 1 amide bonds. The minimum atomic E-state index is -0.119. The van der Waals surface area contributed by atoms with Crippen LogP contribution in [-0.2, 0) is 4.74 Å². The highest BCUT2D eigenvalue weighted by Crippen LogP contribution is 2.17. The topological polar surface area (TPSA) is 106 Å². The molecule has 3 aromatic rings. The monoisotopic (exact) mass is 405 g/mol. The number of amides is 1. The van der Waals surface area contributed by atoms with E-state index in [9.17, 15) is 4.79 Å². The van der Waals surface area contributed by atoms with Crippen molar-refractivity contribution in [3.8, 4) is 0 Å². The highest BCUT2D eigenvalue weighted by Gasteiger charge is 2.16. The molecule has 0 radical (unpaired) electrons. The van der Waals surface area contributed by atoms with Crippen molar-refractivity contribution in [1.29, 1.82) is 0 Å². The van der Waals surface area contributed by atoms with Crippen LogP contribution in [0.2, 0.25) is 0 Å². The van der Waals surface area contributed by atoms with Crippen LogP contribution < -0.4 is 21.3 Å². The number of nitrogens with zero attached hydrogens (tertiary/aromatic N) is 5. The molecule has 1 aliphatic rings. The number of anilines is 2. The fraction of sp³-hybridized carbons (Fsp3) is 0.286. The predicted molar refractivity (Wildman–Crippen MR) is 114 cm³/mol. The van der Waals surface area contributed by atoms with Crippen molar-refractivity contribution in [1.82, 2.24) is 30.3 Å². The van der Waals surface area contributed by atoms with Crippen molar-refractivity contribution in [2.75, 3.05) is 18.5 Å². The molecule has 3 heterocycles. The lowest BCUT2D eigenvalue weighted by Gasteiger charge is -2.11. The van der Waals surface area contributed by atoms with Gasteiger partial charge in [-0.25, -0.2) is 4.98 Å². The zero-order chi connectivity index (χ0) is 20.9. The highest BCUT2D eigenvalue weighted by atomic mass is 16.5. The molecule has 1 aliphatic heterocycles. The number of tetrazole rings is 1. The largest absolute Gasteiger partial charge is 0.376 e. The number of fused-ring (bicyclic) bond motifs is 1. The summed E-state index contributed by atoms with van der Waals surface area (Å²) in [7, 11) is 0. The molecule has 1 aromatic carbocycles. The number of carbonyl (C=O) groups excluding carboxylic acids is 1. The molecule has 2 aromatic heterocycles. The van der Waals surface area contributed by atoms with Gasteiger partial charge in [0.1, 0.15) is 0 Å². The van der Waals surface area contributed by atoms with Gasteiger partial charge in [-0.05, 0) is 60.5 Å². The van der Waals surface area contributed by atoms with E-state index in [1.807, 2.05) is 25.1 Å². The third kappa shape index (κ3) is 4.06. The normalized spacial score (nSPS) is 17.4. The van der Waals surface area contributed by atoms with Gasteiger partial charge in [0.25, 0.3) is 5.91 Å². The molecule has 0 saturated carbocycles. The predicted octanol–water partition coefficient (Wildman–Crippen LogP) is 0.939. The maximum atomic E-state index is 12.3. The van der Waals surface area contributed by atoms with E-state index in [0.717, 1.165) is 35.8 Å². The Morgan fingerprint density at radius 1 is 1.37 bits per heavy atom. The third-order valence-corrected chi connectivity index (χ3v) is 4.88. The van der Waals surface area contributed by atoms with Crippen molar-refractivity contribution in [2.24, 2.45) is 0 Å². The van der Waals surface area contributed by atoms with Gasteiger partial charge in [0.2, 0.25) is 5.65 Å². The van der Waals surface area contributed by atoms with E-state index in [-0.39, 0.29) is 12.0 Å². The van der Waals surface area contributed by atoms with Gasteiger partial charge in [0.15, 0.2) is 5.82 Å². The zero-order valence-corrected chi connectivity index (χ0v) is 16.7. The van der Waals surface area contributed by atoms with Crippen LogP contribution >= 0.6 is 0 Å². The first kappa shape index (κ1) is 19.7. The molecule has 1 saturated heterocycles. The highest BCUT2D eigenvalue weighted by molar-refractivity contribution is 5.94. The first-order chi connectivity index (χ1) is 14.7. The second-order valence-corrected chi connectivity index (χ2v) is 6.88. The summed E-state index contributed by atoms with van der Waals surface area (Å²) < 4.78 is 7.15. The number of aromatic nitrogens is 5. The first-order valence-corrected chi connectivity index (χ1v) is 9.83. The van der Waals surface area contributed by atoms with Crippen LogP contribution in [0, 0.1) is 0 Å². The summed E-state index contributed by atoms with van der Waals surface area (Å²) in [6.07, 6.45) is 7.51. The van der Waals surface area contributed by atoms with Gasteiger partial charge >= 0.3 is 0 Å². The standard InChI is InChI=1S/C21H23N7O2/c1-3-6-18-17(4-2)24-19(20-25-26-27-28(18)20)23-15-10-8-14(9-11-15)21(29)22-13-16-7-5-12-30-16/h3-4,6,8-11,16H,1,5,7,12-13H2,2H3,(H,22,29)(H,23,24)/b17-4+,18-6+. The van der Waals surface area contributed by atoms with Gasteiger partial charge in [0, 0.05) is 24.4 Å². The zero-order valence-electron chi connectivity index (χ0n) is 16.7. The molecule has 1 unspecified atom stereocenters. The maximum Gasteiger partial charge on any atom is 0.251 e. The van der Waals surface area contributed by atoms with Crippen LogP contribution in [0.3, 0.4) is 0 Å². The average molecular weight is 405 g/mol. The SMILES string of the molecule is C=C/C=c1\c(=C/C)nc(Nc2ccc(C(=O)NCC3CCCO3)cc2)c2nnnn12. The Morgan fingerprint density at radius 2 is 2.20 bits per heavy atom. The Balaban J connectivity index is 1.53. The molecule has 154 valence electrons. The van der Waals surface area contributed by atoms with Gasteiger partial charge in [-0.15, -0.1) is 5.10 Å². The van der Waals surface area contributed by atoms with E-state index in [1.54, 1.807) is 28.8 Å². The van der Waals surface area contributed by atoms with Gasteiger partial charge < -0.3 is 15.4 Å². The van der Waals surface area contributed by atoms with E-state index in [0.29, 0.717) is 23.6 Å². The Kier molecular flexibility index (Phi) is 5.80. The first-order valence-electron chi connectivity index (χ1n) is 9.83. The smallest absolute Gasteiger partial charge is 0.251 e. The fourth-order valence-corrected chi connectivity index (χ4v) is 3.35. The molecule has 0 spiro atoms. The summed E-state index contributed by atoms with van der Waals surface area (Å²) >= 11 is 0. The van der Waals surface area contributed by atoms with Crippen LogP contribution in [0.5, 0.6) is 0 Å². The molecule has 0 aliphatic carbocycles. The number of hydrogen-bond acceptors (Lipinski definition) is 7. The summed E-state index contributed by atoms with van der Waals surface area (Å²) in [6.45, 7) is 6.94. The van der Waals surface area contributed by atoms with Crippen LogP contribution in [0.1, 0.15) is 30.1 Å². The lowest BCUT2D eigenvalue weighted by atomic mass is 10.2. The van der Waals surface area contributed by atoms with Gasteiger partial charge in [0.05, 0.1) is 16.8 Å². The summed E-state index contributed by atoms with van der Waals surface area (Å²) in [5, 5.41) is 19.5. The molecule has 0 bridgehead atoms. The van der Waals surface area contributed by atoms with Crippen molar-refractivity contribution in [3.63, 3.8) is 0 Å². The van der Waals surface area contributed by atoms with E-state index in [1.165, 1.54) is 0 Å². The summed E-state index contributed by atoms with van der Waals surface area (Å²) in [4.78, 5) is 17.0. The Hall–Kier alpha value is -3.59. The van der Waals surface area contributed by atoms with Crippen molar-refractivity contribution >= 4 is 35.2 Å². The minimum absolute atomic E-state index is 0.117. The van der Waals surface area contributed by atoms with Gasteiger partial charge in [-0.2, -0.15) is 4.52 Å². The lowest BCUT2D eigenvalue weighted by molar-refractivity contribution is 0.0858. The molecule has 1 fully saturated rings. The molecule has 9 nitrogen and oxygen atoms in total. The van der Waals surface area contributed by atoms with Crippen molar-refractivity contribution < 1.29 is 9.53 Å². The van der Waals surface area contributed by atoms with E-state index in [2.05, 4.69) is 37.7 Å². The Labute approximate surface area is 173 Å². The molecule has 1 atom stereocenters.